The van der Waals surface area contributed by atoms with E-state index in [1.54, 1.807) is 19.2 Å². The van der Waals surface area contributed by atoms with Crippen LogP contribution < -0.4 is 9.64 Å². The lowest BCUT2D eigenvalue weighted by Gasteiger charge is -2.30. The van der Waals surface area contributed by atoms with E-state index in [1.807, 2.05) is 12.1 Å². The van der Waals surface area contributed by atoms with Crippen LogP contribution in [0.2, 0.25) is 0 Å². The highest BCUT2D eigenvalue weighted by molar-refractivity contribution is 5.79. The van der Waals surface area contributed by atoms with Crippen LogP contribution in [0.15, 0.2) is 40.9 Å². The van der Waals surface area contributed by atoms with Crippen molar-refractivity contribution in [2.45, 2.75) is 31.7 Å². The Balaban J connectivity index is 1.49. The molecule has 1 aliphatic heterocycles. The van der Waals surface area contributed by atoms with E-state index in [9.17, 15) is 13.6 Å². The molecule has 3 heterocycles. The first kappa shape index (κ1) is 22.8. The Morgan fingerprint density at radius 1 is 1.24 bits per heavy atom. The Morgan fingerprint density at radius 2 is 2.03 bits per heavy atom. The predicted molar refractivity (Wildman–Crippen MR) is 117 cm³/mol. The second kappa shape index (κ2) is 10.0. The zero-order valence-corrected chi connectivity index (χ0v) is 18.4. The Bertz CT molecular complexity index is 1080. The number of pyridine rings is 1. The first-order chi connectivity index (χ1) is 16.0. The predicted octanol–water partition coefficient (Wildman–Crippen LogP) is 4.05. The standard InChI is InChI=1S/C23H25F2N5O3/c1-29-9-7-15(8-10-29)16-4-6-19(20(11-16)32-2)30(14-31)13-18-5-3-17(12-26-18)22-27-28-23(33-22)21(24)25/h3-6,11-12,14-15,21H,7-10,13H2,1-2H3. The molecule has 2 aromatic heterocycles. The van der Waals surface area contributed by atoms with Gasteiger partial charge in [0.25, 0.3) is 5.89 Å². The number of ether oxygens (including phenoxy) is 1. The number of hydrogen-bond acceptors (Lipinski definition) is 7. The number of rotatable bonds is 8. The van der Waals surface area contributed by atoms with Crippen LogP contribution in [0.1, 0.15) is 42.3 Å². The van der Waals surface area contributed by atoms with E-state index < -0.39 is 12.3 Å². The van der Waals surface area contributed by atoms with Crippen molar-refractivity contribution in [2.75, 3.05) is 32.1 Å². The smallest absolute Gasteiger partial charge is 0.314 e. The van der Waals surface area contributed by atoms with Gasteiger partial charge in [0.05, 0.1) is 30.6 Å². The summed E-state index contributed by atoms with van der Waals surface area (Å²) < 4.78 is 35.8. The first-order valence-corrected chi connectivity index (χ1v) is 10.6. The summed E-state index contributed by atoms with van der Waals surface area (Å²) in [5.41, 5.74) is 2.87. The van der Waals surface area contributed by atoms with E-state index in [0.29, 0.717) is 28.6 Å². The molecule has 174 valence electrons. The number of halogens is 2. The largest absolute Gasteiger partial charge is 0.495 e. The van der Waals surface area contributed by atoms with E-state index in [-0.39, 0.29) is 12.4 Å². The molecule has 10 heteroatoms. The molecule has 33 heavy (non-hydrogen) atoms. The molecule has 0 bridgehead atoms. The summed E-state index contributed by atoms with van der Waals surface area (Å²) in [6.45, 7) is 2.33. The molecule has 0 unspecified atom stereocenters. The van der Waals surface area contributed by atoms with Gasteiger partial charge in [-0.3, -0.25) is 9.78 Å². The monoisotopic (exact) mass is 457 g/mol. The van der Waals surface area contributed by atoms with Crippen LogP contribution in [0.25, 0.3) is 11.5 Å². The molecule has 0 N–H and O–H groups in total. The summed E-state index contributed by atoms with van der Waals surface area (Å²) in [5, 5.41) is 6.93. The minimum atomic E-state index is -2.83. The van der Waals surface area contributed by atoms with Crippen molar-refractivity contribution >= 4 is 12.1 Å². The molecule has 4 rings (SSSR count). The molecule has 0 aliphatic carbocycles. The maximum Gasteiger partial charge on any atom is 0.314 e. The van der Waals surface area contributed by atoms with E-state index in [4.69, 9.17) is 9.15 Å². The van der Waals surface area contributed by atoms with E-state index >= 15 is 0 Å². The maximum atomic E-state index is 12.6. The van der Waals surface area contributed by atoms with Crippen molar-refractivity contribution in [2.24, 2.45) is 0 Å². The highest BCUT2D eigenvalue weighted by Crippen LogP contribution is 2.35. The number of nitrogens with zero attached hydrogens (tertiary/aromatic N) is 5. The third-order valence-corrected chi connectivity index (χ3v) is 5.86. The maximum absolute atomic E-state index is 12.6. The van der Waals surface area contributed by atoms with Gasteiger partial charge in [0.15, 0.2) is 0 Å². The quantitative estimate of drug-likeness (QED) is 0.472. The number of benzene rings is 1. The van der Waals surface area contributed by atoms with Crippen molar-refractivity contribution < 1.29 is 22.7 Å². The minimum Gasteiger partial charge on any atom is -0.495 e. The number of amides is 1. The summed E-state index contributed by atoms with van der Waals surface area (Å²) >= 11 is 0. The molecular formula is C23H25F2N5O3. The van der Waals surface area contributed by atoms with Crippen molar-refractivity contribution in [3.8, 4) is 17.2 Å². The SMILES string of the molecule is COc1cc(C2CCN(C)CC2)ccc1N(C=O)Cc1ccc(-c2nnc(C(F)F)o2)cn1. The molecule has 8 nitrogen and oxygen atoms in total. The Hall–Kier alpha value is -3.40. The Kier molecular flexibility index (Phi) is 6.93. The number of carbonyl (C=O) groups is 1. The van der Waals surface area contributed by atoms with E-state index in [2.05, 4.69) is 33.2 Å². The summed E-state index contributed by atoms with van der Waals surface area (Å²) in [4.78, 5) is 20.0. The number of anilines is 1. The molecule has 3 aromatic rings. The molecule has 0 saturated carbocycles. The number of carbonyl (C=O) groups excluding carboxylic acids is 1. The highest BCUT2D eigenvalue weighted by atomic mass is 19.3. The molecule has 0 spiro atoms. The number of alkyl halides is 2. The van der Waals surface area contributed by atoms with Gasteiger partial charge in [-0.25, -0.2) is 0 Å². The minimum absolute atomic E-state index is 0.0391. The molecule has 1 aromatic carbocycles. The van der Waals surface area contributed by atoms with Gasteiger partial charge in [-0.05, 0) is 68.7 Å². The lowest BCUT2D eigenvalue weighted by atomic mass is 9.89. The average molecular weight is 457 g/mol. The number of piperidine rings is 1. The van der Waals surface area contributed by atoms with Crippen LogP contribution in [0.5, 0.6) is 5.75 Å². The first-order valence-electron chi connectivity index (χ1n) is 10.6. The third-order valence-electron chi connectivity index (χ3n) is 5.86. The van der Waals surface area contributed by atoms with Crippen LogP contribution in [0.3, 0.4) is 0 Å². The fraction of sp³-hybridized carbons (Fsp3) is 0.391. The molecule has 1 aliphatic rings. The normalized spacial score (nSPS) is 15.1. The van der Waals surface area contributed by atoms with Crippen LogP contribution in [0.4, 0.5) is 14.5 Å². The second-order valence-electron chi connectivity index (χ2n) is 8.03. The van der Waals surface area contributed by atoms with Gasteiger partial charge in [-0.15, -0.1) is 10.2 Å². The molecule has 1 saturated heterocycles. The Labute approximate surface area is 190 Å². The zero-order chi connectivity index (χ0) is 23.4. The molecule has 1 fully saturated rings. The van der Waals surface area contributed by atoms with Crippen LogP contribution in [-0.4, -0.2) is 53.7 Å². The van der Waals surface area contributed by atoms with Gasteiger partial charge in [0, 0.05) is 6.20 Å². The van der Waals surface area contributed by atoms with Crippen molar-refractivity contribution in [3.05, 3.63) is 53.7 Å². The molecule has 0 radical (unpaired) electrons. The topological polar surface area (TPSA) is 84.6 Å². The summed E-state index contributed by atoms with van der Waals surface area (Å²) in [5.74, 6) is 0.318. The molecule has 1 amide bonds. The number of likely N-dealkylation sites (tertiary alicyclic amines) is 1. The lowest BCUT2D eigenvalue weighted by Crippen LogP contribution is -2.29. The van der Waals surface area contributed by atoms with Gasteiger partial charge < -0.3 is 19.0 Å². The van der Waals surface area contributed by atoms with Crippen molar-refractivity contribution in [1.82, 2.24) is 20.1 Å². The summed E-state index contributed by atoms with van der Waals surface area (Å²) in [7, 11) is 3.72. The zero-order valence-electron chi connectivity index (χ0n) is 18.4. The van der Waals surface area contributed by atoms with Gasteiger partial charge >= 0.3 is 6.43 Å². The average Bonchev–Trinajstić information content (AvgIpc) is 3.34. The fourth-order valence-corrected chi connectivity index (χ4v) is 3.97. The Morgan fingerprint density at radius 3 is 2.64 bits per heavy atom. The van der Waals surface area contributed by atoms with E-state index in [0.717, 1.165) is 32.3 Å². The fourth-order valence-electron chi connectivity index (χ4n) is 3.97. The summed E-state index contributed by atoms with van der Waals surface area (Å²) in [6.07, 6.45) is 1.52. The number of methoxy groups -OCH3 is 1. The van der Waals surface area contributed by atoms with Crippen LogP contribution in [0, 0.1) is 0 Å². The van der Waals surface area contributed by atoms with Crippen LogP contribution >= 0.6 is 0 Å². The number of aromatic nitrogens is 3. The lowest BCUT2D eigenvalue weighted by molar-refractivity contribution is -0.107. The highest BCUT2D eigenvalue weighted by Gasteiger charge is 2.21. The van der Waals surface area contributed by atoms with Gasteiger partial charge in [0.1, 0.15) is 5.75 Å². The molecule has 0 atom stereocenters. The second-order valence-corrected chi connectivity index (χ2v) is 8.03. The molecular weight excluding hydrogens is 432 g/mol. The van der Waals surface area contributed by atoms with Gasteiger partial charge in [-0.2, -0.15) is 8.78 Å². The van der Waals surface area contributed by atoms with E-state index in [1.165, 1.54) is 16.7 Å². The van der Waals surface area contributed by atoms with Gasteiger partial charge in [0.2, 0.25) is 12.3 Å². The van der Waals surface area contributed by atoms with Crippen molar-refractivity contribution in [3.63, 3.8) is 0 Å². The van der Waals surface area contributed by atoms with Crippen LogP contribution in [-0.2, 0) is 11.3 Å². The number of hydrogen-bond donors (Lipinski definition) is 0. The summed E-state index contributed by atoms with van der Waals surface area (Å²) in [6, 6.07) is 9.27. The van der Waals surface area contributed by atoms with Crippen molar-refractivity contribution in [1.29, 1.82) is 0 Å². The van der Waals surface area contributed by atoms with Gasteiger partial charge in [-0.1, -0.05) is 6.07 Å². The third kappa shape index (κ3) is 5.16.